The van der Waals surface area contributed by atoms with Crippen LogP contribution in [0.3, 0.4) is 0 Å². The molecule has 0 bridgehead atoms. The van der Waals surface area contributed by atoms with Crippen molar-refractivity contribution in [2.45, 2.75) is 71.6 Å². The Bertz CT molecular complexity index is 577. The SMILES string of the molecule is C=C/C=C/C(C)CC(C)(C)[PH](C)(C)C[PH](C)(Br)C(C)(C)CC(C)(C)/C=C/C=C. The fourth-order valence-electron chi connectivity index (χ4n) is 4.44. The standard InChI is InChI=1S/C25H49BrP2/c1-13-15-17-22(3)19-24(6,7)27(10,11)21-28(12,26)25(8,9)20-23(4,5)18-16-14-2/h13-18,22,27-28H,1-2,19-21H2,3-12H3/b17-15+,18-16+. The van der Waals surface area contributed by atoms with Crippen molar-refractivity contribution < 1.29 is 0 Å². The van der Waals surface area contributed by atoms with Crippen LogP contribution in [0.25, 0.3) is 0 Å². The zero-order valence-electron chi connectivity index (χ0n) is 20.5. The van der Waals surface area contributed by atoms with E-state index in [2.05, 4.69) is 121 Å². The van der Waals surface area contributed by atoms with E-state index in [0.29, 0.717) is 16.2 Å². The molecule has 1 atom stereocenters. The molecule has 0 saturated heterocycles. The molecule has 0 aromatic rings. The molecule has 28 heavy (non-hydrogen) atoms. The molecule has 1 unspecified atom stereocenters. The fourth-order valence-corrected chi connectivity index (χ4v) is 23.3. The minimum atomic E-state index is -1.62. The fraction of sp³-hybridized carbons (Fsp3) is 0.680. The van der Waals surface area contributed by atoms with Crippen molar-refractivity contribution in [1.82, 2.24) is 0 Å². The Morgan fingerprint density at radius 2 is 1.39 bits per heavy atom. The van der Waals surface area contributed by atoms with Crippen LogP contribution in [0.5, 0.6) is 0 Å². The van der Waals surface area contributed by atoms with Gasteiger partial charge in [0.1, 0.15) is 0 Å². The number of halogens is 1. The summed E-state index contributed by atoms with van der Waals surface area (Å²) in [5, 5.41) is 0.713. The molecule has 0 spiro atoms. The van der Waals surface area contributed by atoms with Crippen LogP contribution in [0.1, 0.15) is 61.3 Å². The third-order valence-corrected chi connectivity index (χ3v) is 25.8. The molecule has 0 aliphatic carbocycles. The molecule has 0 heterocycles. The van der Waals surface area contributed by atoms with Gasteiger partial charge in [-0.05, 0) is 0 Å². The molecule has 0 amide bonds. The first kappa shape index (κ1) is 28.3. The second kappa shape index (κ2) is 10.6. The molecule has 0 rings (SSSR count). The molecular formula is C25H49BrP2. The van der Waals surface area contributed by atoms with Crippen molar-refractivity contribution >= 4 is 28.7 Å². The summed E-state index contributed by atoms with van der Waals surface area (Å²) in [7, 11) is -1.46. The van der Waals surface area contributed by atoms with Crippen molar-refractivity contribution in [1.29, 1.82) is 0 Å². The van der Waals surface area contributed by atoms with E-state index in [-0.39, 0.29) is 5.41 Å². The summed E-state index contributed by atoms with van der Waals surface area (Å²) in [5.41, 5.74) is 0.185. The number of hydrogen-bond acceptors (Lipinski definition) is 0. The van der Waals surface area contributed by atoms with Crippen LogP contribution >= 0.6 is 28.7 Å². The van der Waals surface area contributed by atoms with Crippen molar-refractivity contribution in [2.75, 3.05) is 25.9 Å². The van der Waals surface area contributed by atoms with Gasteiger partial charge in [-0.2, -0.15) is 0 Å². The van der Waals surface area contributed by atoms with Crippen LogP contribution in [0.15, 0.2) is 49.6 Å². The summed E-state index contributed by atoms with van der Waals surface area (Å²) in [6.45, 7) is 32.5. The third kappa shape index (κ3) is 8.58. The van der Waals surface area contributed by atoms with Crippen LogP contribution < -0.4 is 0 Å². The molecule has 0 radical (unpaired) electrons. The molecule has 166 valence electrons. The van der Waals surface area contributed by atoms with Gasteiger partial charge in [0.2, 0.25) is 0 Å². The summed E-state index contributed by atoms with van der Waals surface area (Å²) in [4.78, 5) is 0. The second-order valence-electron chi connectivity index (χ2n) is 11.6. The number of allylic oxidation sites excluding steroid dienone is 6. The van der Waals surface area contributed by atoms with E-state index in [1.807, 2.05) is 12.2 Å². The van der Waals surface area contributed by atoms with E-state index in [4.69, 9.17) is 0 Å². The van der Waals surface area contributed by atoms with Gasteiger partial charge in [0, 0.05) is 0 Å². The van der Waals surface area contributed by atoms with E-state index in [1.54, 1.807) is 0 Å². The normalized spacial score (nSPS) is 17.1. The van der Waals surface area contributed by atoms with E-state index < -0.39 is 13.2 Å². The minimum absolute atomic E-state index is 0.185. The van der Waals surface area contributed by atoms with Crippen LogP contribution in [0.2, 0.25) is 0 Å². The van der Waals surface area contributed by atoms with E-state index in [1.165, 1.54) is 18.7 Å². The summed E-state index contributed by atoms with van der Waals surface area (Å²) in [6, 6.07) is 0. The molecule has 0 N–H and O–H groups in total. The van der Waals surface area contributed by atoms with Gasteiger partial charge in [0.05, 0.1) is 0 Å². The molecule has 3 heteroatoms. The molecule has 0 aliphatic rings. The first-order chi connectivity index (χ1) is 12.4. The van der Waals surface area contributed by atoms with Gasteiger partial charge >= 0.3 is 187 Å². The average Bonchev–Trinajstić information content (AvgIpc) is 2.48. The van der Waals surface area contributed by atoms with Crippen LogP contribution in [-0.2, 0) is 0 Å². The van der Waals surface area contributed by atoms with Crippen molar-refractivity contribution in [3.8, 4) is 0 Å². The maximum absolute atomic E-state index is 4.36. The Morgan fingerprint density at radius 1 is 0.893 bits per heavy atom. The van der Waals surface area contributed by atoms with Crippen LogP contribution in [0.4, 0.5) is 0 Å². The van der Waals surface area contributed by atoms with Crippen LogP contribution in [-0.4, -0.2) is 36.2 Å². The maximum atomic E-state index is 4.36. The van der Waals surface area contributed by atoms with Crippen molar-refractivity contribution in [2.24, 2.45) is 11.3 Å². The van der Waals surface area contributed by atoms with E-state index in [0.717, 1.165) is 0 Å². The predicted molar refractivity (Wildman–Crippen MR) is 147 cm³/mol. The van der Waals surface area contributed by atoms with Gasteiger partial charge in [0.25, 0.3) is 0 Å². The summed E-state index contributed by atoms with van der Waals surface area (Å²) < 4.78 is 0. The quantitative estimate of drug-likeness (QED) is 0.189. The van der Waals surface area contributed by atoms with E-state index in [9.17, 15) is 0 Å². The average molecular weight is 492 g/mol. The number of hydrogen-bond donors (Lipinski definition) is 0. The van der Waals surface area contributed by atoms with Crippen molar-refractivity contribution in [3.05, 3.63) is 49.6 Å². The summed E-state index contributed by atoms with van der Waals surface area (Å²) >= 11 is 4.36. The molecule has 0 saturated carbocycles. The molecular weight excluding hydrogens is 442 g/mol. The summed E-state index contributed by atoms with van der Waals surface area (Å²) in [5.74, 6) is 0.377. The molecule has 0 aliphatic heterocycles. The predicted octanol–water partition coefficient (Wildman–Crippen LogP) is 9.13. The Morgan fingerprint density at radius 3 is 1.86 bits per heavy atom. The molecule has 0 aromatic carbocycles. The van der Waals surface area contributed by atoms with Gasteiger partial charge in [-0.3, -0.25) is 0 Å². The zero-order chi connectivity index (χ0) is 22.4. The third-order valence-electron chi connectivity index (χ3n) is 7.01. The first-order valence-corrected chi connectivity index (χ1v) is 18.9. The van der Waals surface area contributed by atoms with Gasteiger partial charge < -0.3 is 0 Å². The van der Waals surface area contributed by atoms with Gasteiger partial charge in [0.15, 0.2) is 0 Å². The van der Waals surface area contributed by atoms with Gasteiger partial charge in [-0.25, -0.2) is 0 Å². The Hall–Kier alpha value is 0.300. The van der Waals surface area contributed by atoms with Crippen LogP contribution in [0, 0.1) is 11.3 Å². The Balaban J connectivity index is 5.50. The molecule has 0 nitrogen and oxygen atoms in total. The molecule has 0 fully saturated rings. The van der Waals surface area contributed by atoms with E-state index >= 15 is 0 Å². The number of rotatable bonds is 12. The Labute approximate surface area is 186 Å². The topological polar surface area (TPSA) is 0 Å². The van der Waals surface area contributed by atoms with Gasteiger partial charge in [-0.15, -0.1) is 0 Å². The zero-order valence-corrected chi connectivity index (χ0v) is 24.0. The van der Waals surface area contributed by atoms with Crippen molar-refractivity contribution in [3.63, 3.8) is 0 Å². The first-order valence-electron chi connectivity index (χ1n) is 10.7. The van der Waals surface area contributed by atoms with Gasteiger partial charge in [-0.1, -0.05) is 0 Å². The second-order valence-corrected chi connectivity index (χ2v) is 27.1. The monoisotopic (exact) mass is 490 g/mol. The molecule has 0 aromatic heterocycles. The Kier molecular flexibility index (Phi) is 10.7. The summed E-state index contributed by atoms with van der Waals surface area (Å²) in [6.07, 6.45) is 15.1.